The molecule has 1 saturated carbocycles. The molecule has 2 saturated heterocycles. The summed E-state index contributed by atoms with van der Waals surface area (Å²) in [5.74, 6) is -8.66. The number of cyclic esters (lactones) is 1. The van der Waals surface area contributed by atoms with Gasteiger partial charge in [0.1, 0.15) is 53.5 Å². The number of aryl methyl sites for hydroxylation is 2. The number of allylic oxidation sites excluding steroid dienone is 6. The fourth-order valence-corrected chi connectivity index (χ4v) is 16.2. The molecule has 3 fully saturated rings. The van der Waals surface area contributed by atoms with Crippen LogP contribution < -0.4 is 22.5 Å². The van der Waals surface area contributed by atoms with Crippen molar-refractivity contribution in [3.8, 4) is 11.3 Å². The summed E-state index contributed by atoms with van der Waals surface area (Å²) in [6.07, 6.45) is 16.7. The smallest absolute Gasteiger partial charge is 0.329 e. The fraction of sp³-hybridized carbons (Fsp3) is 0.689. The van der Waals surface area contributed by atoms with Gasteiger partial charge in [0.25, 0.3) is 17.7 Å². The number of nitrogens with zero attached hydrogens (tertiary/aromatic N) is 9. The minimum atomic E-state index is -2.49. The Morgan fingerprint density at radius 1 is 0.714 bits per heavy atom. The first-order valence-corrected chi connectivity index (χ1v) is 44.8. The van der Waals surface area contributed by atoms with Crippen LogP contribution >= 0.6 is 0 Å². The second-order valence-corrected chi connectivity index (χ2v) is 33.3. The van der Waals surface area contributed by atoms with Crippen LogP contribution in [0.4, 0.5) is 11.8 Å². The van der Waals surface area contributed by atoms with Gasteiger partial charge in [-0.1, -0.05) is 69.4 Å². The number of anilines is 2. The maximum atomic E-state index is 14.7. The van der Waals surface area contributed by atoms with Gasteiger partial charge in [-0.05, 0) is 151 Å². The van der Waals surface area contributed by atoms with Crippen LogP contribution in [0, 0.1) is 29.6 Å². The summed E-state index contributed by atoms with van der Waals surface area (Å²) in [6.45, 7) is 19.0. The number of aliphatic hydroxyl groups is 3. The highest BCUT2D eigenvalue weighted by atomic mass is 16.6. The average Bonchev–Trinajstić information content (AvgIpc) is 1.57. The van der Waals surface area contributed by atoms with E-state index >= 15 is 0 Å². The van der Waals surface area contributed by atoms with Crippen LogP contribution in [-0.2, 0) is 110 Å². The van der Waals surface area contributed by atoms with Crippen molar-refractivity contribution in [3.05, 3.63) is 84.0 Å². The second-order valence-electron chi connectivity index (χ2n) is 33.3. The Hall–Kier alpha value is -8.28. The number of hydrogen-bond donors (Lipinski definition) is 7. The Balaban J connectivity index is 0.581. The molecule has 0 unspecified atom stereocenters. The topological polar surface area (TPSA) is 477 Å². The SMILES string of the molecule is CO[C@H]1C[C@@H]2CC[C@@H](C)[C@@](O)(O2)C(=O)C(=O)N2CCCC[C@H]2C(=O)O[C@H]([C@H](N)C[C@@H]2CC[C@@H](OCCCCc3cn(CCOCCOCCOCCOCCOCCOCCOCCOCCC(=O)NCCCCn4nc(-c5ccc6oc(N)nc6c5)c5c(N)ncnc54)nn3)[C@H](OC)C2)CC(=O)[C@H](C)/C=C(\C)[C@@H](O)[C@@H](O)C(=O)[C@H](C)C[C@H](C)/C=C/C=C/C=C/1C. The molecule has 3 aliphatic heterocycles. The van der Waals surface area contributed by atoms with Gasteiger partial charge < -0.3 is 109 Å². The number of nitrogen functional groups attached to an aromatic ring is 2. The number of esters is 1. The maximum absolute atomic E-state index is 14.7. The number of amides is 2. The molecule has 2 amide bonds. The first-order chi connectivity index (χ1) is 60.8. The number of carbonyl (C=O) groups is 6. The molecule has 2 bridgehead atoms. The molecule has 36 heteroatoms. The molecule has 0 spiro atoms. The number of ketones is 3. The molecule has 7 heterocycles. The Morgan fingerprint density at radius 3 is 2.08 bits per heavy atom. The van der Waals surface area contributed by atoms with Gasteiger partial charge in [-0.15, -0.1) is 5.10 Å². The van der Waals surface area contributed by atoms with Crippen molar-refractivity contribution >= 4 is 69.1 Å². The van der Waals surface area contributed by atoms with Crippen molar-refractivity contribution in [3.63, 3.8) is 0 Å². The highest BCUT2D eigenvalue weighted by Crippen LogP contribution is 2.39. The number of nitrogens with two attached hydrogens (primary N) is 3. The number of nitrogens with one attached hydrogen (secondary N) is 1. The molecule has 4 aliphatic rings. The Bertz CT molecular complexity index is 4310. The van der Waals surface area contributed by atoms with Crippen LogP contribution in [0.25, 0.3) is 33.4 Å². The lowest BCUT2D eigenvalue weighted by Crippen LogP contribution is -2.61. The molecule has 10 N–H and O–H groups in total. The summed E-state index contributed by atoms with van der Waals surface area (Å²) in [4.78, 5) is 98.0. The molecule has 4 aromatic heterocycles. The van der Waals surface area contributed by atoms with E-state index < -0.39 is 95.4 Å². The quantitative estimate of drug-likeness (QED) is 0.00885. The Morgan fingerprint density at radius 2 is 1.40 bits per heavy atom. The lowest BCUT2D eigenvalue weighted by molar-refractivity contribution is -0.265. The van der Waals surface area contributed by atoms with E-state index in [1.807, 2.05) is 62.6 Å². The predicted octanol–water partition coefficient (Wildman–Crippen LogP) is 7.09. The largest absolute Gasteiger partial charge is 0.459 e. The monoisotopic (exact) mass is 1770 g/mol. The van der Waals surface area contributed by atoms with Crippen molar-refractivity contribution in [2.75, 3.05) is 151 Å². The molecular weight excluding hydrogens is 1630 g/mol. The van der Waals surface area contributed by atoms with E-state index in [-0.39, 0.29) is 80.4 Å². The summed E-state index contributed by atoms with van der Waals surface area (Å²) < 4.78 is 84.7. The highest BCUT2D eigenvalue weighted by molar-refractivity contribution is 6.39. The van der Waals surface area contributed by atoms with Gasteiger partial charge in [-0.2, -0.15) is 10.1 Å². The van der Waals surface area contributed by atoms with Gasteiger partial charge in [0.05, 0.1) is 148 Å². The Labute approximate surface area is 738 Å². The number of carbonyl (C=O) groups excluding carboxylic acids is 6. The zero-order valence-electron chi connectivity index (χ0n) is 74.8. The molecule has 9 rings (SSSR count). The normalized spacial score (nSPS) is 26.7. The van der Waals surface area contributed by atoms with E-state index in [0.29, 0.717) is 223 Å². The minimum Gasteiger partial charge on any atom is -0.459 e. The van der Waals surface area contributed by atoms with Gasteiger partial charge in [-0.25, -0.2) is 24.1 Å². The number of oxazole rings is 1. The number of Topliss-reactive ketones (excluding diaryl/α,β-unsaturated/α-hetero) is 3. The first-order valence-electron chi connectivity index (χ1n) is 44.8. The van der Waals surface area contributed by atoms with Gasteiger partial charge >= 0.3 is 5.97 Å². The summed E-state index contributed by atoms with van der Waals surface area (Å²) in [5, 5.41) is 51.7. The lowest BCUT2D eigenvalue weighted by Gasteiger charge is -2.42. The van der Waals surface area contributed by atoms with Gasteiger partial charge in [0.2, 0.25) is 11.7 Å². The summed E-state index contributed by atoms with van der Waals surface area (Å²) >= 11 is 0. The number of aliphatic hydroxyl groups excluding tert-OH is 2. The van der Waals surface area contributed by atoms with Crippen molar-refractivity contribution in [2.24, 2.45) is 35.3 Å². The second kappa shape index (κ2) is 53.6. The Kier molecular flexibility index (Phi) is 43.2. The molecular formula is C90H137N13O23. The molecule has 1 aromatic carbocycles. The fourth-order valence-electron chi connectivity index (χ4n) is 16.2. The van der Waals surface area contributed by atoms with Gasteiger partial charge in [-0.3, -0.25) is 24.0 Å². The molecule has 15 atom stereocenters. The summed E-state index contributed by atoms with van der Waals surface area (Å²) in [7, 11) is 3.20. The van der Waals surface area contributed by atoms with E-state index in [1.165, 1.54) is 19.3 Å². The van der Waals surface area contributed by atoms with Crippen LogP contribution in [0.2, 0.25) is 0 Å². The van der Waals surface area contributed by atoms with Crippen molar-refractivity contribution < 1.29 is 110 Å². The molecule has 700 valence electrons. The lowest BCUT2D eigenvalue weighted by atomic mass is 9.80. The number of fused-ring (bicyclic) bond motifs is 5. The van der Waals surface area contributed by atoms with Crippen LogP contribution in [0.15, 0.2) is 82.7 Å². The van der Waals surface area contributed by atoms with E-state index in [4.69, 9.17) is 88.3 Å². The van der Waals surface area contributed by atoms with Crippen LogP contribution in [0.1, 0.15) is 156 Å². The van der Waals surface area contributed by atoms with Crippen molar-refractivity contribution in [2.45, 2.75) is 231 Å². The van der Waals surface area contributed by atoms with Crippen molar-refractivity contribution in [1.82, 2.24) is 49.9 Å². The third-order valence-electron chi connectivity index (χ3n) is 23.6. The molecule has 126 heavy (non-hydrogen) atoms. The molecule has 1 aliphatic carbocycles. The number of benzene rings is 1. The summed E-state index contributed by atoms with van der Waals surface area (Å²) in [5.41, 5.74) is 24.2. The van der Waals surface area contributed by atoms with Crippen molar-refractivity contribution in [1.29, 1.82) is 0 Å². The van der Waals surface area contributed by atoms with Crippen LogP contribution in [0.3, 0.4) is 0 Å². The zero-order valence-corrected chi connectivity index (χ0v) is 74.8. The standard InChI is InChI=1S/C90H137N13O23/c1-59-18-10-9-11-19-60(2)75(113-7)55-68-25-22-64(6)90(112,126-68)84(109)87(110)102-30-15-12-21-71(102)88(111)124-76(56-72(104)61(3)51-63(5)82(107)83(108)81(106)62(4)50-59)69(91)52-65-23-26-74(77(53-65)114-8)123-33-17-13-20-67-57-101(100-98-67)32-35-116-37-39-118-41-43-120-45-47-122-49-48-121-46-44-119-42-40-117-38-36-115-34-28-78(105)94-29-14-16-31-103-86-79(85(92)95-58-96-86)80(99-103)66-24-27-73-70(54-66)97-89(93)125-73/h9-11,18-19,24,27,51,54,57-59,61-62,64-65,68-69,71,74-77,82-83,107-108,112H,12-17,20-23,25-26,28-50,52-53,55-56,91H2,1-8H3,(H2,93,97)(H,94,105)(H2,92,95,96)/b11-9+,18-10+,60-19+,63-51+/t59-,61-,62-,64-,65+,68+,69-,71+,74-,75+,76+,77-,82-,83+,90-/m1/s1. The van der Waals surface area contributed by atoms with Gasteiger partial charge in [0, 0.05) is 95.3 Å². The average molecular weight is 1770 g/mol. The maximum Gasteiger partial charge on any atom is 0.329 e. The number of aromatic nitrogens is 8. The third-order valence-corrected chi connectivity index (χ3v) is 23.6. The van der Waals surface area contributed by atoms with E-state index in [0.717, 1.165) is 47.4 Å². The van der Waals surface area contributed by atoms with E-state index in [9.17, 15) is 44.1 Å². The third kappa shape index (κ3) is 31.8. The van der Waals surface area contributed by atoms with Gasteiger partial charge in [0.15, 0.2) is 17.0 Å². The number of rotatable bonds is 44. The number of unbranched alkanes of at least 4 members (excludes halogenated alkanes) is 2. The molecule has 0 radical (unpaired) electrons. The minimum absolute atomic E-state index is 0.0257. The highest BCUT2D eigenvalue weighted by Gasteiger charge is 2.53. The number of ether oxygens (including phenoxy) is 13. The molecule has 5 aromatic rings. The number of hydrogen-bond acceptors (Lipinski definition) is 32. The number of methoxy groups -OCH3 is 2. The van der Waals surface area contributed by atoms with E-state index in [2.05, 4.69) is 30.6 Å². The number of piperidine rings is 1. The van der Waals surface area contributed by atoms with Crippen LogP contribution in [-0.4, -0.2) is 295 Å². The predicted molar refractivity (Wildman–Crippen MR) is 466 cm³/mol. The van der Waals surface area contributed by atoms with Crippen LogP contribution in [0.5, 0.6) is 0 Å². The first kappa shape index (κ1) is 101. The van der Waals surface area contributed by atoms with E-state index in [1.54, 1.807) is 50.4 Å². The summed E-state index contributed by atoms with van der Waals surface area (Å²) in [6, 6.07) is 3.44. The molecule has 36 nitrogen and oxygen atoms in total. The zero-order chi connectivity index (χ0) is 90.3.